The summed E-state index contributed by atoms with van der Waals surface area (Å²) in [4.78, 5) is 10.4. The van der Waals surface area contributed by atoms with E-state index in [4.69, 9.17) is 5.11 Å². The molecule has 0 rings (SSSR count). The molecule has 0 bridgehead atoms. The average Bonchev–Trinajstić information content (AvgIpc) is 2.56. The zero-order valence-corrected chi connectivity index (χ0v) is 16.2. The zero-order valence-electron chi connectivity index (χ0n) is 16.2. The molecule has 0 amide bonds. The Balaban J connectivity index is 0. The van der Waals surface area contributed by atoms with Crippen molar-refractivity contribution in [3.05, 3.63) is 12.2 Å². The Bertz CT molecular complexity index is 290. The number of hydrogen-bond acceptors (Lipinski definition) is 1. The van der Waals surface area contributed by atoms with Crippen LogP contribution in [0.3, 0.4) is 0 Å². The van der Waals surface area contributed by atoms with Gasteiger partial charge >= 0.3 is 43.7 Å². The molecular weight excluding hydrogens is 336 g/mol. The van der Waals surface area contributed by atoms with Gasteiger partial charge in [0.1, 0.15) is 0 Å². The van der Waals surface area contributed by atoms with Gasteiger partial charge in [0.25, 0.3) is 0 Å². The second-order valence-corrected chi connectivity index (χ2v) is 7.14. The monoisotopic (exact) mass is 380 g/mol. The summed E-state index contributed by atoms with van der Waals surface area (Å²) in [7, 11) is 0. The third-order valence-corrected chi connectivity index (χ3v) is 4.65. The Kier molecular flexibility index (Phi) is 27.1. The number of carbonyl (C=O) groups is 1. The van der Waals surface area contributed by atoms with E-state index in [1.54, 1.807) is 0 Å². The van der Waals surface area contributed by atoms with Crippen LogP contribution in [0.25, 0.3) is 0 Å². The summed E-state index contributed by atoms with van der Waals surface area (Å²) in [6.45, 7) is 2.27. The fraction of sp³-hybridized carbons (Fsp3) is 0.864. The minimum absolute atomic E-state index is 0. The van der Waals surface area contributed by atoms with Crippen molar-refractivity contribution in [1.82, 2.24) is 0 Å². The molecule has 0 radical (unpaired) electrons. The first-order valence-corrected chi connectivity index (χ1v) is 10.6. The first-order valence-electron chi connectivity index (χ1n) is 10.6. The van der Waals surface area contributed by atoms with Gasteiger partial charge in [-0.15, -0.1) is 0 Å². The number of rotatable bonds is 19. The summed E-state index contributed by atoms with van der Waals surface area (Å²) in [6, 6.07) is 0. The predicted octanol–water partition coefficient (Wildman–Crippen LogP) is 6.75. The van der Waals surface area contributed by atoms with Crippen LogP contribution in [0.1, 0.15) is 122 Å². The van der Waals surface area contributed by atoms with Gasteiger partial charge in [-0.1, -0.05) is 96.1 Å². The zero-order chi connectivity index (χ0) is 17.7. The van der Waals surface area contributed by atoms with Crippen LogP contribution in [0, 0.1) is 0 Å². The quantitative estimate of drug-likeness (QED) is 0.153. The van der Waals surface area contributed by atoms with E-state index in [9.17, 15) is 4.79 Å². The van der Waals surface area contributed by atoms with E-state index in [2.05, 4.69) is 19.1 Å². The van der Waals surface area contributed by atoms with Crippen LogP contribution in [0.15, 0.2) is 12.2 Å². The second-order valence-electron chi connectivity index (χ2n) is 7.14. The summed E-state index contributed by atoms with van der Waals surface area (Å²) in [5.41, 5.74) is 0. The molecule has 0 aromatic carbocycles. The van der Waals surface area contributed by atoms with Crippen LogP contribution in [-0.2, 0) is 4.79 Å². The van der Waals surface area contributed by atoms with Crippen molar-refractivity contribution >= 4 is 43.7 Å². The molecule has 0 aliphatic rings. The SMILES string of the molecule is CCCCCCCC/C=C\CCCCCCCCCCCC(=O)O.[CaH2]. The number of allylic oxidation sites excluding steroid dienone is 2. The molecule has 0 aromatic rings. The Labute approximate surface area is 187 Å². The minimum atomic E-state index is -0.656. The second kappa shape index (κ2) is 24.5. The van der Waals surface area contributed by atoms with Gasteiger partial charge in [0.15, 0.2) is 0 Å². The first-order chi connectivity index (χ1) is 11.8. The average molecular weight is 381 g/mol. The molecular formula is C22H44CaO2. The van der Waals surface area contributed by atoms with Crippen LogP contribution in [0.5, 0.6) is 0 Å². The molecule has 0 fully saturated rings. The number of carboxylic acids is 1. The van der Waals surface area contributed by atoms with Gasteiger partial charge in [0.05, 0.1) is 0 Å². The number of carboxylic acid groups (broad SMARTS) is 1. The summed E-state index contributed by atoms with van der Waals surface area (Å²) in [5.74, 6) is -0.656. The van der Waals surface area contributed by atoms with E-state index in [1.165, 1.54) is 96.3 Å². The summed E-state index contributed by atoms with van der Waals surface area (Å²) >= 11 is 0. The maximum atomic E-state index is 10.4. The molecule has 0 atom stereocenters. The Morgan fingerprint density at radius 3 is 1.40 bits per heavy atom. The van der Waals surface area contributed by atoms with Crippen LogP contribution in [0.4, 0.5) is 0 Å². The molecule has 2 nitrogen and oxygen atoms in total. The molecule has 1 N–H and O–H groups in total. The molecule has 0 unspecified atom stereocenters. The summed E-state index contributed by atoms with van der Waals surface area (Å²) < 4.78 is 0. The normalized spacial score (nSPS) is 10.9. The fourth-order valence-electron chi connectivity index (χ4n) is 3.05. The van der Waals surface area contributed by atoms with Crippen LogP contribution in [0.2, 0.25) is 0 Å². The molecule has 25 heavy (non-hydrogen) atoms. The predicted molar refractivity (Wildman–Crippen MR) is 114 cm³/mol. The van der Waals surface area contributed by atoms with Crippen molar-refractivity contribution in [2.75, 3.05) is 0 Å². The van der Waals surface area contributed by atoms with Gasteiger partial charge in [0.2, 0.25) is 0 Å². The summed E-state index contributed by atoms with van der Waals surface area (Å²) in [6.07, 6.45) is 27.1. The molecule has 146 valence electrons. The van der Waals surface area contributed by atoms with E-state index >= 15 is 0 Å². The van der Waals surface area contributed by atoms with Gasteiger partial charge in [-0.05, 0) is 32.1 Å². The van der Waals surface area contributed by atoms with Crippen molar-refractivity contribution in [3.8, 4) is 0 Å². The fourth-order valence-corrected chi connectivity index (χ4v) is 3.05. The van der Waals surface area contributed by atoms with Crippen molar-refractivity contribution < 1.29 is 9.90 Å². The molecule has 0 aliphatic heterocycles. The molecule has 3 heteroatoms. The third kappa shape index (κ3) is 26.8. The van der Waals surface area contributed by atoms with Crippen LogP contribution in [-0.4, -0.2) is 48.8 Å². The summed E-state index contributed by atoms with van der Waals surface area (Å²) in [5, 5.41) is 8.55. The van der Waals surface area contributed by atoms with Crippen molar-refractivity contribution in [2.24, 2.45) is 0 Å². The molecule has 0 aromatic heterocycles. The van der Waals surface area contributed by atoms with E-state index in [1.807, 2.05) is 0 Å². The molecule has 0 spiro atoms. The molecule has 0 heterocycles. The van der Waals surface area contributed by atoms with Crippen molar-refractivity contribution in [1.29, 1.82) is 0 Å². The van der Waals surface area contributed by atoms with Gasteiger partial charge in [-0.25, -0.2) is 0 Å². The molecule has 0 aliphatic carbocycles. The van der Waals surface area contributed by atoms with Gasteiger partial charge in [-0.3, -0.25) is 4.79 Å². The van der Waals surface area contributed by atoms with E-state index in [0.29, 0.717) is 6.42 Å². The van der Waals surface area contributed by atoms with E-state index in [0.717, 1.165) is 12.8 Å². The molecule has 0 saturated heterocycles. The van der Waals surface area contributed by atoms with Crippen molar-refractivity contribution in [2.45, 2.75) is 122 Å². The Morgan fingerprint density at radius 1 is 0.640 bits per heavy atom. The number of aliphatic carboxylic acids is 1. The van der Waals surface area contributed by atoms with Crippen LogP contribution >= 0.6 is 0 Å². The van der Waals surface area contributed by atoms with Gasteiger partial charge in [-0.2, -0.15) is 0 Å². The van der Waals surface area contributed by atoms with E-state index in [-0.39, 0.29) is 37.7 Å². The maximum absolute atomic E-state index is 10.4. The Hall–Kier alpha value is 0.470. The van der Waals surface area contributed by atoms with Gasteiger partial charge < -0.3 is 5.11 Å². The number of unbranched alkanes of at least 4 members (excludes halogenated alkanes) is 15. The van der Waals surface area contributed by atoms with E-state index < -0.39 is 5.97 Å². The molecule has 0 saturated carbocycles. The van der Waals surface area contributed by atoms with Crippen LogP contribution < -0.4 is 0 Å². The standard InChI is InChI=1S/C22H42O2.Ca.2H/c1-2-3-4-5-6-7-8-9-10-11-12-13-14-15-16-17-18-19-20-21-22(23)24;;;/h9-10H,2-8,11-21H2,1H3,(H,23,24);;;/b10-9-;;;. The van der Waals surface area contributed by atoms with Crippen molar-refractivity contribution in [3.63, 3.8) is 0 Å². The third-order valence-electron chi connectivity index (χ3n) is 4.65. The first kappa shape index (κ1) is 27.7. The van der Waals surface area contributed by atoms with Gasteiger partial charge in [0, 0.05) is 6.42 Å². The Morgan fingerprint density at radius 2 is 1.00 bits per heavy atom. The topological polar surface area (TPSA) is 37.3 Å². The number of hydrogen-bond donors (Lipinski definition) is 1.